The first kappa shape index (κ1) is 21.3. The molecule has 0 atom stereocenters. The van der Waals surface area contributed by atoms with Crippen LogP contribution in [0, 0.1) is 13.8 Å². The van der Waals surface area contributed by atoms with Crippen LogP contribution in [0.25, 0.3) is 17.1 Å². The van der Waals surface area contributed by atoms with Crippen molar-refractivity contribution in [1.82, 2.24) is 19.7 Å². The van der Waals surface area contributed by atoms with E-state index >= 15 is 0 Å². The van der Waals surface area contributed by atoms with Crippen molar-refractivity contribution in [2.24, 2.45) is 0 Å². The van der Waals surface area contributed by atoms with Gasteiger partial charge in [-0.05, 0) is 59.5 Å². The van der Waals surface area contributed by atoms with E-state index in [1.165, 1.54) is 22.9 Å². The largest absolute Gasteiger partial charge is 0.341 e. The molecule has 1 amide bonds. The molecule has 0 radical (unpaired) electrons. The molecule has 158 valence electrons. The summed E-state index contributed by atoms with van der Waals surface area (Å²) in [5.74, 6) is 1.14. The monoisotopic (exact) mass is 448 g/mol. The van der Waals surface area contributed by atoms with Gasteiger partial charge in [0.2, 0.25) is 5.91 Å². The van der Waals surface area contributed by atoms with Crippen molar-refractivity contribution in [1.29, 1.82) is 0 Å². The minimum absolute atomic E-state index is 0.0621. The maximum Gasteiger partial charge on any atom is 0.233 e. The number of carbonyl (C=O) groups is 1. The Hall–Kier alpha value is -2.90. The van der Waals surface area contributed by atoms with E-state index < -0.39 is 0 Å². The Labute approximate surface area is 190 Å². The van der Waals surface area contributed by atoms with Gasteiger partial charge in [-0.25, -0.2) is 0 Å². The van der Waals surface area contributed by atoms with Crippen LogP contribution in [0.1, 0.15) is 16.7 Å². The quantitative estimate of drug-likeness (QED) is 0.357. The van der Waals surface area contributed by atoms with Gasteiger partial charge in [0.25, 0.3) is 0 Å². The SMILES string of the molecule is Cc1ccc(-n2c(SCC(=O)N(C)Cc3ccsc3)nnc2-c2ccccc2)cc1C. The maximum absolute atomic E-state index is 12.7. The van der Waals surface area contributed by atoms with Crippen molar-refractivity contribution >= 4 is 29.0 Å². The summed E-state index contributed by atoms with van der Waals surface area (Å²) in [6.45, 7) is 4.81. The molecule has 31 heavy (non-hydrogen) atoms. The fraction of sp³-hybridized carbons (Fsp3) is 0.208. The average molecular weight is 449 g/mol. The van der Waals surface area contributed by atoms with Crippen LogP contribution in [0.5, 0.6) is 0 Å². The Morgan fingerprint density at radius 1 is 1.06 bits per heavy atom. The van der Waals surface area contributed by atoms with Gasteiger partial charge in [0.1, 0.15) is 0 Å². The third-order valence-corrected chi connectivity index (χ3v) is 6.81. The second-order valence-electron chi connectivity index (χ2n) is 7.45. The van der Waals surface area contributed by atoms with Gasteiger partial charge >= 0.3 is 0 Å². The molecule has 4 rings (SSSR count). The Kier molecular flexibility index (Phi) is 6.53. The molecule has 5 nitrogen and oxygen atoms in total. The number of amides is 1. The summed E-state index contributed by atoms with van der Waals surface area (Å²) in [6.07, 6.45) is 0. The van der Waals surface area contributed by atoms with Crippen molar-refractivity contribution in [3.63, 3.8) is 0 Å². The van der Waals surface area contributed by atoms with Crippen molar-refractivity contribution < 1.29 is 4.79 Å². The minimum Gasteiger partial charge on any atom is -0.341 e. The van der Waals surface area contributed by atoms with Gasteiger partial charge in [-0.1, -0.05) is 48.2 Å². The highest BCUT2D eigenvalue weighted by molar-refractivity contribution is 7.99. The number of thiophene rings is 1. The summed E-state index contributed by atoms with van der Waals surface area (Å²) in [6, 6.07) is 18.4. The lowest BCUT2D eigenvalue weighted by Crippen LogP contribution is -2.27. The van der Waals surface area contributed by atoms with Gasteiger partial charge < -0.3 is 4.90 Å². The Balaban J connectivity index is 1.60. The van der Waals surface area contributed by atoms with Crippen LogP contribution in [-0.4, -0.2) is 38.4 Å². The summed E-state index contributed by atoms with van der Waals surface area (Å²) < 4.78 is 2.04. The highest BCUT2D eigenvalue weighted by Gasteiger charge is 2.19. The zero-order valence-electron chi connectivity index (χ0n) is 17.8. The topological polar surface area (TPSA) is 51.0 Å². The molecule has 0 fully saturated rings. The lowest BCUT2D eigenvalue weighted by Gasteiger charge is -2.16. The van der Waals surface area contributed by atoms with Crippen molar-refractivity contribution in [3.05, 3.63) is 82.0 Å². The molecule has 0 spiro atoms. The van der Waals surface area contributed by atoms with E-state index in [2.05, 4.69) is 47.6 Å². The van der Waals surface area contributed by atoms with Gasteiger partial charge in [-0.2, -0.15) is 11.3 Å². The van der Waals surface area contributed by atoms with E-state index in [1.54, 1.807) is 16.2 Å². The highest BCUT2D eigenvalue weighted by Crippen LogP contribution is 2.29. The van der Waals surface area contributed by atoms with Gasteiger partial charge in [0.05, 0.1) is 11.4 Å². The van der Waals surface area contributed by atoms with Gasteiger partial charge in [0, 0.05) is 19.2 Å². The second-order valence-corrected chi connectivity index (χ2v) is 9.17. The van der Waals surface area contributed by atoms with Crippen molar-refractivity contribution in [3.8, 4) is 17.1 Å². The first-order valence-electron chi connectivity index (χ1n) is 9.99. The van der Waals surface area contributed by atoms with Gasteiger partial charge in [0.15, 0.2) is 11.0 Å². The Bertz CT molecular complexity index is 1170. The van der Waals surface area contributed by atoms with Gasteiger partial charge in [-0.15, -0.1) is 10.2 Å². The first-order chi connectivity index (χ1) is 15.0. The molecule has 0 bridgehead atoms. The summed E-state index contributed by atoms with van der Waals surface area (Å²) >= 11 is 3.06. The molecule has 4 aromatic rings. The fourth-order valence-corrected chi connectivity index (χ4v) is 4.77. The molecule has 0 aliphatic heterocycles. The number of hydrogen-bond acceptors (Lipinski definition) is 5. The Morgan fingerprint density at radius 2 is 1.87 bits per heavy atom. The number of rotatable bonds is 7. The molecule has 0 saturated heterocycles. The molecule has 2 aromatic heterocycles. The van der Waals surface area contributed by atoms with Crippen LogP contribution < -0.4 is 0 Å². The van der Waals surface area contributed by atoms with E-state index in [0.29, 0.717) is 17.5 Å². The number of carbonyl (C=O) groups excluding carboxylic acids is 1. The molecule has 0 aliphatic rings. The average Bonchev–Trinajstić information content (AvgIpc) is 3.44. The van der Waals surface area contributed by atoms with Crippen LogP contribution in [0.3, 0.4) is 0 Å². The molecule has 0 aliphatic carbocycles. The number of benzene rings is 2. The summed E-state index contributed by atoms with van der Waals surface area (Å²) in [7, 11) is 1.84. The molecule has 0 N–H and O–H groups in total. The number of aromatic nitrogens is 3. The van der Waals surface area contributed by atoms with E-state index in [0.717, 1.165) is 22.6 Å². The first-order valence-corrected chi connectivity index (χ1v) is 11.9. The highest BCUT2D eigenvalue weighted by atomic mass is 32.2. The van der Waals surface area contributed by atoms with E-state index in [4.69, 9.17) is 0 Å². The van der Waals surface area contributed by atoms with Crippen LogP contribution >= 0.6 is 23.1 Å². The van der Waals surface area contributed by atoms with E-state index in [9.17, 15) is 4.79 Å². The predicted octanol–water partition coefficient (Wildman–Crippen LogP) is 5.36. The van der Waals surface area contributed by atoms with Crippen molar-refractivity contribution in [2.45, 2.75) is 25.5 Å². The van der Waals surface area contributed by atoms with Crippen molar-refractivity contribution in [2.75, 3.05) is 12.8 Å². The molecule has 0 saturated carbocycles. The predicted molar refractivity (Wildman–Crippen MR) is 128 cm³/mol. The molecule has 7 heteroatoms. The summed E-state index contributed by atoms with van der Waals surface area (Å²) in [4.78, 5) is 14.5. The van der Waals surface area contributed by atoms with Crippen LogP contribution in [0.15, 0.2) is 70.5 Å². The zero-order chi connectivity index (χ0) is 21.8. The molecule has 0 unspecified atom stereocenters. The third kappa shape index (κ3) is 4.89. The summed E-state index contributed by atoms with van der Waals surface area (Å²) in [5.41, 5.74) is 5.57. The number of hydrogen-bond donors (Lipinski definition) is 0. The lowest BCUT2D eigenvalue weighted by molar-refractivity contribution is -0.127. The molecule has 2 heterocycles. The van der Waals surface area contributed by atoms with Gasteiger partial charge in [-0.3, -0.25) is 9.36 Å². The normalized spacial score (nSPS) is 10.9. The Morgan fingerprint density at radius 3 is 2.58 bits per heavy atom. The van der Waals surface area contributed by atoms with E-state index in [1.807, 2.05) is 53.4 Å². The molecular weight excluding hydrogens is 424 g/mol. The van der Waals surface area contributed by atoms with Crippen LogP contribution in [0.2, 0.25) is 0 Å². The smallest absolute Gasteiger partial charge is 0.233 e. The number of thioether (sulfide) groups is 1. The lowest BCUT2D eigenvalue weighted by atomic mass is 10.1. The van der Waals surface area contributed by atoms with E-state index in [-0.39, 0.29) is 5.91 Å². The third-order valence-electron chi connectivity index (χ3n) is 5.16. The fourth-order valence-electron chi connectivity index (χ4n) is 3.22. The number of aryl methyl sites for hydroxylation is 2. The maximum atomic E-state index is 12.7. The number of nitrogens with zero attached hydrogens (tertiary/aromatic N) is 4. The minimum atomic E-state index is 0.0621. The zero-order valence-corrected chi connectivity index (χ0v) is 19.4. The van der Waals surface area contributed by atoms with Crippen LogP contribution in [0.4, 0.5) is 0 Å². The standard InChI is InChI=1S/C24H24N4OS2/c1-17-9-10-21(13-18(17)2)28-23(20-7-5-4-6-8-20)25-26-24(28)31-16-22(29)27(3)14-19-11-12-30-15-19/h4-13,15H,14,16H2,1-3H3. The second kappa shape index (κ2) is 9.49. The van der Waals surface area contributed by atoms with Crippen LogP contribution in [-0.2, 0) is 11.3 Å². The summed E-state index contributed by atoms with van der Waals surface area (Å²) in [5, 5.41) is 13.7. The molecular formula is C24H24N4OS2. The molecule has 2 aromatic carbocycles.